The number of nitrogens with zero attached hydrogens (tertiary/aromatic N) is 2. The van der Waals surface area contributed by atoms with Gasteiger partial charge in [-0.3, -0.25) is 10.1 Å². The number of nitrogens with two attached hydrogens (primary N) is 1. The lowest BCUT2D eigenvalue weighted by atomic mass is 10.3. The predicted molar refractivity (Wildman–Crippen MR) is 73.6 cm³/mol. The van der Waals surface area contributed by atoms with Gasteiger partial charge in [0.2, 0.25) is 10.0 Å². The van der Waals surface area contributed by atoms with E-state index in [1.54, 1.807) is 6.92 Å². The Morgan fingerprint density at radius 2 is 2.10 bits per heavy atom. The summed E-state index contributed by atoms with van der Waals surface area (Å²) in [5.41, 5.74) is 4.68. The van der Waals surface area contributed by atoms with Crippen molar-refractivity contribution in [2.24, 2.45) is 0 Å². The topological polar surface area (TPSA) is 127 Å². The smallest absolute Gasteiger partial charge is 0.312 e. The van der Waals surface area contributed by atoms with Crippen molar-refractivity contribution in [2.75, 3.05) is 25.4 Å². The Hall–Kier alpha value is -1.71. The van der Waals surface area contributed by atoms with Gasteiger partial charge in [-0.15, -0.1) is 0 Å². The van der Waals surface area contributed by atoms with E-state index >= 15 is 0 Å². The number of rotatable bonds is 7. The van der Waals surface area contributed by atoms with Gasteiger partial charge in [0.15, 0.2) is 4.90 Å². The van der Waals surface area contributed by atoms with E-state index in [9.17, 15) is 18.5 Å². The molecule has 0 unspecified atom stereocenters. The van der Waals surface area contributed by atoms with Crippen LogP contribution in [0.3, 0.4) is 0 Å². The molecule has 0 aliphatic heterocycles. The van der Waals surface area contributed by atoms with Crippen LogP contribution in [0, 0.1) is 10.1 Å². The van der Waals surface area contributed by atoms with E-state index in [1.807, 2.05) is 0 Å². The van der Waals surface area contributed by atoms with Crippen molar-refractivity contribution < 1.29 is 18.4 Å². The summed E-state index contributed by atoms with van der Waals surface area (Å²) in [6.07, 6.45) is 0.253. The van der Waals surface area contributed by atoms with Gasteiger partial charge in [-0.05, 0) is 18.6 Å². The summed E-state index contributed by atoms with van der Waals surface area (Å²) >= 11 is 0. The van der Waals surface area contributed by atoms with Crippen molar-refractivity contribution in [3.63, 3.8) is 0 Å². The van der Waals surface area contributed by atoms with Crippen molar-refractivity contribution in [1.29, 1.82) is 0 Å². The van der Waals surface area contributed by atoms with Gasteiger partial charge in [-0.25, -0.2) is 8.42 Å². The van der Waals surface area contributed by atoms with Crippen LogP contribution in [0.2, 0.25) is 0 Å². The summed E-state index contributed by atoms with van der Waals surface area (Å²) in [5.74, 6) is 0. The molecule has 20 heavy (non-hydrogen) atoms. The summed E-state index contributed by atoms with van der Waals surface area (Å²) < 4.78 is 25.9. The number of anilines is 1. The number of para-hydroxylation sites is 1. The first-order chi connectivity index (χ1) is 9.36. The van der Waals surface area contributed by atoms with Crippen LogP contribution in [0.4, 0.5) is 11.4 Å². The molecule has 112 valence electrons. The van der Waals surface area contributed by atoms with Gasteiger partial charge in [0.05, 0.1) is 4.92 Å². The van der Waals surface area contributed by atoms with Gasteiger partial charge in [-0.2, -0.15) is 4.31 Å². The van der Waals surface area contributed by atoms with Crippen LogP contribution in [0.5, 0.6) is 0 Å². The summed E-state index contributed by atoms with van der Waals surface area (Å²) in [4.78, 5) is 9.78. The molecule has 0 bridgehead atoms. The van der Waals surface area contributed by atoms with Crippen molar-refractivity contribution in [2.45, 2.75) is 18.2 Å². The zero-order valence-electron chi connectivity index (χ0n) is 11.0. The van der Waals surface area contributed by atoms with Crippen LogP contribution in [0.15, 0.2) is 23.1 Å². The van der Waals surface area contributed by atoms with Crippen LogP contribution >= 0.6 is 0 Å². The molecule has 8 nitrogen and oxygen atoms in total. The van der Waals surface area contributed by atoms with Gasteiger partial charge in [0.1, 0.15) is 5.69 Å². The standard InChI is InChI=1S/C11H17N3O5S/c1-2-13(7-4-8-15)20(18,19)10-6-3-5-9(12)11(10)14(16)17/h3,5-6,15H,2,4,7-8,12H2,1H3. The molecule has 0 saturated carbocycles. The van der Waals surface area contributed by atoms with Gasteiger partial charge in [0.25, 0.3) is 0 Å². The first-order valence-electron chi connectivity index (χ1n) is 6.00. The molecule has 1 aromatic rings. The maximum atomic E-state index is 12.4. The average molecular weight is 303 g/mol. The largest absolute Gasteiger partial charge is 0.396 e. The third-order valence-electron chi connectivity index (χ3n) is 2.75. The Bertz CT molecular complexity index is 588. The van der Waals surface area contributed by atoms with Crippen molar-refractivity contribution in [3.8, 4) is 0 Å². The van der Waals surface area contributed by atoms with E-state index in [-0.39, 0.29) is 31.8 Å². The fraction of sp³-hybridized carbons (Fsp3) is 0.455. The van der Waals surface area contributed by atoms with E-state index in [4.69, 9.17) is 10.8 Å². The SMILES string of the molecule is CCN(CCCO)S(=O)(=O)c1cccc(N)c1[N+](=O)[O-]. The van der Waals surface area contributed by atoms with Gasteiger partial charge < -0.3 is 10.8 Å². The molecule has 3 N–H and O–H groups in total. The minimum absolute atomic E-state index is 0.0846. The summed E-state index contributed by atoms with van der Waals surface area (Å²) in [6.45, 7) is 1.69. The third-order valence-corrected chi connectivity index (χ3v) is 4.75. The van der Waals surface area contributed by atoms with Gasteiger partial charge >= 0.3 is 5.69 Å². The average Bonchev–Trinajstić information content (AvgIpc) is 2.38. The molecule has 0 heterocycles. The first kappa shape index (κ1) is 16.3. The molecule has 1 aromatic carbocycles. The third kappa shape index (κ3) is 3.24. The lowest BCUT2D eigenvalue weighted by Gasteiger charge is -2.20. The Balaban J connectivity index is 3.34. The highest BCUT2D eigenvalue weighted by molar-refractivity contribution is 7.89. The van der Waals surface area contributed by atoms with Gasteiger partial charge in [-0.1, -0.05) is 13.0 Å². The van der Waals surface area contributed by atoms with Crippen LogP contribution < -0.4 is 5.73 Å². The number of nitro groups is 1. The molecule has 0 aromatic heterocycles. The molecule has 1 rings (SSSR count). The molecular weight excluding hydrogens is 286 g/mol. The molecular formula is C11H17N3O5S. The second-order valence-electron chi connectivity index (χ2n) is 4.02. The Morgan fingerprint density at radius 1 is 1.45 bits per heavy atom. The predicted octanol–water partition coefficient (Wildman–Crippen LogP) is 0.570. The normalized spacial score (nSPS) is 11.8. The Kier molecular flexibility index (Phi) is 5.43. The Morgan fingerprint density at radius 3 is 2.60 bits per heavy atom. The lowest BCUT2D eigenvalue weighted by Crippen LogP contribution is -2.32. The fourth-order valence-corrected chi connectivity index (χ4v) is 3.45. The van der Waals surface area contributed by atoms with Crippen LogP contribution in [0.1, 0.15) is 13.3 Å². The summed E-state index contributed by atoms with van der Waals surface area (Å²) in [6, 6.07) is 3.79. The number of nitro benzene ring substituents is 1. The lowest BCUT2D eigenvalue weighted by molar-refractivity contribution is -0.386. The number of benzene rings is 1. The van der Waals surface area contributed by atoms with Crippen molar-refractivity contribution in [1.82, 2.24) is 4.31 Å². The molecule has 0 spiro atoms. The molecule has 9 heteroatoms. The maximum Gasteiger partial charge on any atom is 0.312 e. The van der Waals surface area contributed by atoms with Crippen LogP contribution in [0.25, 0.3) is 0 Å². The molecule has 0 atom stereocenters. The molecule has 0 fully saturated rings. The number of nitrogen functional groups attached to an aromatic ring is 1. The second-order valence-corrected chi connectivity index (χ2v) is 5.93. The minimum atomic E-state index is -4.02. The maximum absolute atomic E-state index is 12.4. The molecule has 0 aliphatic carbocycles. The number of aliphatic hydroxyl groups excluding tert-OH is 1. The van der Waals surface area contributed by atoms with Crippen LogP contribution in [-0.4, -0.2) is 42.4 Å². The second kappa shape index (κ2) is 6.64. The Labute approximate surface area is 117 Å². The minimum Gasteiger partial charge on any atom is -0.396 e. The van der Waals surface area contributed by atoms with E-state index in [0.717, 1.165) is 10.4 Å². The van der Waals surface area contributed by atoms with Gasteiger partial charge in [0, 0.05) is 19.7 Å². The van der Waals surface area contributed by atoms with Crippen molar-refractivity contribution in [3.05, 3.63) is 28.3 Å². The highest BCUT2D eigenvalue weighted by atomic mass is 32.2. The van der Waals surface area contributed by atoms with E-state index in [1.165, 1.54) is 12.1 Å². The first-order valence-corrected chi connectivity index (χ1v) is 7.44. The van der Waals surface area contributed by atoms with Crippen LogP contribution in [-0.2, 0) is 10.0 Å². The zero-order chi connectivity index (χ0) is 15.3. The number of sulfonamides is 1. The monoisotopic (exact) mass is 303 g/mol. The fourth-order valence-electron chi connectivity index (χ4n) is 1.78. The highest BCUT2D eigenvalue weighted by Gasteiger charge is 2.32. The summed E-state index contributed by atoms with van der Waals surface area (Å²) in [7, 11) is -4.02. The number of aliphatic hydroxyl groups is 1. The molecule has 0 saturated heterocycles. The number of hydrogen-bond donors (Lipinski definition) is 2. The molecule has 0 radical (unpaired) electrons. The molecule has 0 amide bonds. The van der Waals surface area contributed by atoms with Crippen molar-refractivity contribution >= 4 is 21.4 Å². The quantitative estimate of drug-likeness (QED) is 0.430. The van der Waals surface area contributed by atoms with E-state index in [0.29, 0.717) is 0 Å². The summed E-state index contributed by atoms with van der Waals surface area (Å²) in [5, 5.41) is 19.8. The zero-order valence-corrected chi connectivity index (χ0v) is 11.8. The van der Waals surface area contributed by atoms with E-state index < -0.39 is 25.5 Å². The number of hydrogen-bond acceptors (Lipinski definition) is 6. The highest BCUT2D eigenvalue weighted by Crippen LogP contribution is 2.31. The van der Waals surface area contributed by atoms with E-state index in [2.05, 4.69) is 0 Å². The molecule has 0 aliphatic rings.